The number of furan rings is 3. The van der Waals surface area contributed by atoms with Crippen LogP contribution in [-0.4, -0.2) is 44.9 Å². The van der Waals surface area contributed by atoms with Gasteiger partial charge < -0.3 is 13.3 Å². The minimum atomic E-state index is -0.172. The van der Waals surface area contributed by atoms with Crippen LogP contribution in [0.4, 0.5) is 0 Å². The molecule has 27 rings (SSSR count). The van der Waals surface area contributed by atoms with Gasteiger partial charge >= 0.3 is 0 Å². The van der Waals surface area contributed by atoms with Crippen molar-refractivity contribution in [1.29, 1.82) is 0 Å². The van der Waals surface area contributed by atoms with E-state index in [9.17, 15) is 0 Å². The van der Waals surface area contributed by atoms with Gasteiger partial charge in [-0.1, -0.05) is 399 Å². The largest absolute Gasteiger partial charge is 0.456 e. The Bertz CT molecular complexity index is 8790. The molecule has 3 aliphatic rings. The zero-order valence-electron chi connectivity index (χ0n) is 76.6. The Morgan fingerprint density at radius 2 is 0.428 bits per heavy atom. The van der Waals surface area contributed by atoms with Crippen molar-refractivity contribution >= 4 is 65.8 Å². The highest BCUT2D eigenvalue weighted by atomic mass is 16.3. The van der Waals surface area contributed by atoms with E-state index in [0.717, 1.165) is 138 Å². The van der Waals surface area contributed by atoms with Crippen LogP contribution in [0.2, 0.25) is 0 Å². The maximum Gasteiger partial charge on any atom is 0.164 e. The maximum atomic E-state index is 6.54. The third-order valence-corrected chi connectivity index (χ3v) is 28.0. The average molecular weight is 1780 g/mol. The Hall–Kier alpha value is -17.6. The summed E-state index contributed by atoms with van der Waals surface area (Å²) in [6.45, 7) is 13.9. The predicted molar refractivity (Wildman–Crippen MR) is 559 cm³/mol. The number of benzene rings is 18. The molecule has 0 saturated carbocycles. The lowest BCUT2D eigenvalue weighted by molar-refractivity contribution is 0.647. The van der Waals surface area contributed by atoms with Gasteiger partial charge in [-0.25, -0.2) is 44.9 Å². The molecule has 24 aromatic rings. The first kappa shape index (κ1) is 82.3. The van der Waals surface area contributed by atoms with Crippen molar-refractivity contribution in [3.05, 3.63) is 452 Å². The Labute approximate surface area is 797 Å². The third-order valence-electron chi connectivity index (χ3n) is 28.0. The summed E-state index contributed by atoms with van der Waals surface area (Å²) < 4.78 is 19.3. The molecule has 6 heterocycles. The van der Waals surface area contributed by atoms with Gasteiger partial charge in [0.2, 0.25) is 0 Å². The Kier molecular flexibility index (Phi) is 19.6. The number of nitrogens with zero attached hydrogens (tertiary/aromatic N) is 9. The van der Waals surface area contributed by atoms with E-state index in [1.165, 1.54) is 77.7 Å². The highest BCUT2D eigenvalue weighted by molar-refractivity contribution is 6.14. The van der Waals surface area contributed by atoms with Crippen LogP contribution in [0.3, 0.4) is 0 Å². The highest BCUT2D eigenvalue weighted by Gasteiger charge is 2.41. The summed E-state index contributed by atoms with van der Waals surface area (Å²) in [5, 5.41) is 6.96. The Morgan fingerprint density at radius 1 is 0.152 bits per heavy atom. The first-order valence-corrected chi connectivity index (χ1v) is 46.9. The van der Waals surface area contributed by atoms with E-state index in [1.54, 1.807) is 0 Å². The molecule has 18 aromatic carbocycles. The molecule has 0 aliphatic heterocycles. The van der Waals surface area contributed by atoms with Crippen LogP contribution in [0.15, 0.2) is 432 Å². The summed E-state index contributed by atoms with van der Waals surface area (Å²) in [7, 11) is 0. The van der Waals surface area contributed by atoms with Crippen LogP contribution in [0.5, 0.6) is 0 Å². The first-order valence-electron chi connectivity index (χ1n) is 46.9. The molecule has 0 spiro atoms. The predicted octanol–water partition coefficient (Wildman–Crippen LogP) is 32.2. The zero-order valence-corrected chi connectivity index (χ0v) is 76.6. The van der Waals surface area contributed by atoms with Gasteiger partial charge in [0.15, 0.2) is 52.4 Å². The van der Waals surface area contributed by atoms with Crippen LogP contribution in [0.25, 0.3) is 235 Å². The van der Waals surface area contributed by atoms with Gasteiger partial charge in [0.1, 0.15) is 33.5 Å². The number of rotatable bonds is 12. The summed E-state index contributed by atoms with van der Waals surface area (Å²) in [5.74, 6) is 5.89. The lowest BCUT2D eigenvalue weighted by Gasteiger charge is -2.22. The van der Waals surface area contributed by atoms with Crippen LogP contribution < -0.4 is 0 Å². The third kappa shape index (κ3) is 14.2. The molecule has 0 atom stereocenters. The van der Waals surface area contributed by atoms with Crippen molar-refractivity contribution in [1.82, 2.24) is 44.9 Å². The molecule has 12 nitrogen and oxygen atoms in total. The van der Waals surface area contributed by atoms with Crippen molar-refractivity contribution in [2.24, 2.45) is 0 Å². The van der Waals surface area contributed by atoms with Gasteiger partial charge in [0.25, 0.3) is 0 Å². The standard InChI is InChI=1S/3C42H29N3O/c1-42(2)34-22-20-29(25-33(34)37-35(42)23-21-32-31-18-9-10-19-36(31)46-38(32)37)28-16-11-17-30(24-28)41-44-39(26-12-5-3-6-13-26)43-40(45-41)27-14-7-4-8-15-27;1-42(2)35-23-29(20-21-31(35)33-24-34-32-18-9-10-19-37(32)46-38(34)25-36(33)42)28-16-11-17-30(22-28)41-44-39(26-12-5-3-6-13-26)43-40(45-41)27-14-7-4-8-15-27;1-42(2)34-24-23-32-31-15-9-10-16-36(31)46-38(32)37(34)33-22-21-30(25-35(33)42)26-17-19-29(20-18-26)41-44-39(27-11-5-3-6-12-27)43-40(45-41)28-13-7-4-8-14-28/h3*3-25H,1-2H3. The van der Waals surface area contributed by atoms with E-state index in [4.69, 9.17) is 58.1 Å². The second-order valence-corrected chi connectivity index (χ2v) is 37.4. The van der Waals surface area contributed by atoms with E-state index in [1.807, 2.05) is 206 Å². The number of hydrogen-bond acceptors (Lipinski definition) is 12. The van der Waals surface area contributed by atoms with Crippen molar-refractivity contribution < 1.29 is 13.3 Å². The molecule has 138 heavy (non-hydrogen) atoms. The second kappa shape index (κ2) is 32.9. The zero-order chi connectivity index (χ0) is 92.5. The molecule has 3 aliphatic carbocycles. The van der Waals surface area contributed by atoms with Crippen LogP contribution in [0.1, 0.15) is 74.9 Å². The fraction of sp³-hybridized carbons (Fsp3) is 0.0714. The van der Waals surface area contributed by atoms with E-state index in [-0.39, 0.29) is 16.2 Å². The second-order valence-electron chi connectivity index (χ2n) is 37.4. The first-order chi connectivity index (χ1) is 67.6. The molecule has 0 fully saturated rings. The normalized spacial score (nSPS) is 13.2. The lowest BCUT2D eigenvalue weighted by atomic mass is 9.81. The van der Waals surface area contributed by atoms with Crippen molar-refractivity contribution in [3.8, 4) is 169 Å². The van der Waals surface area contributed by atoms with Crippen LogP contribution in [-0.2, 0) is 16.2 Å². The van der Waals surface area contributed by atoms with E-state index in [2.05, 4.69) is 254 Å². The number of fused-ring (bicyclic) bond motifs is 20. The lowest BCUT2D eigenvalue weighted by Crippen LogP contribution is -2.15. The van der Waals surface area contributed by atoms with Crippen molar-refractivity contribution in [2.75, 3.05) is 0 Å². The van der Waals surface area contributed by atoms with Crippen LogP contribution >= 0.6 is 0 Å². The minimum absolute atomic E-state index is 0.134. The summed E-state index contributed by atoms with van der Waals surface area (Å²) >= 11 is 0. The van der Waals surface area contributed by atoms with Gasteiger partial charge in [-0.2, -0.15) is 0 Å². The monoisotopic (exact) mass is 1770 g/mol. The average Bonchev–Trinajstić information content (AvgIpc) is 1.56. The Balaban J connectivity index is 0.000000110. The molecular weight excluding hydrogens is 1690 g/mol. The summed E-state index contributed by atoms with van der Waals surface area (Å²) in [6.07, 6.45) is 0. The van der Waals surface area contributed by atoms with E-state index < -0.39 is 0 Å². The van der Waals surface area contributed by atoms with Crippen LogP contribution in [0, 0.1) is 0 Å². The van der Waals surface area contributed by atoms with Crippen molar-refractivity contribution in [3.63, 3.8) is 0 Å². The molecule has 0 radical (unpaired) electrons. The molecule has 654 valence electrons. The molecular formula is C126H87N9O3. The molecule has 0 unspecified atom stereocenters. The topological polar surface area (TPSA) is 155 Å². The van der Waals surface area contributed by atoms with E-state index >= 15 is 0 Å². The van der Waals surface area contributed by atoms with Gasteiger partial charge in [-0.15, -0.1) is 0 Å². The smallest absolute Gasteiger partial charge is 0.164 e. The molecule has 0 saturated heterocycles. The van der Waals surface area contributed by atoms with Gasteiger partial charge in [-0.05, 0) is 150 Å². The maximum absolute atomic E-state index is 6.54. The highest BCUT2D eigenvalue weighted by Crippen LogP contribution is 2.57. The molecule has 6 aromatic heterocycles. The van der Waals surface area contributed by atoms with Gasteiger partial charge in [0, 0.05) is 110 Å². The summed E-state index contributed by atoms with van der Waals surface area (Å²) in [6, 6.07) is 145. The Morgan fingerprint density at radius 3 is 0.855 bits per heavy atom. The molecule has 0 amide bonds. The molecule has 0 bridgehead atoms. The number of aromatic nitrogens is 9. The minimum Gasteiger partial charge on any atom is -0.456 e. The SMILES string of the molecule is CC1(C)c2cc(-c3ccc(-c4nc(-c5ccccc5)nc(-c5ccccc5)n4)cc3)ccc2-c2c1ccc1c2oc2ccccc21.CC1(C)c2cc(-c3cccc(-c4nc(-c5ccccc5)nc(-c5ccccc5)n4)c3)ccc2-c2cc3c(cc21)oc1ccccc13.CC1(C)c2ccc(-c3cccc(-c4nc(-c5ccccc5)nc(-c5ccccc5)n4)c3)cc2-c2c1ccc1c2oc2ccccc21. The quantitative estimate of drug-likeness (QED) is 0.114. The van der Waals surface area contributed by atoms with Gasteiger partial charge in [-0.3, -0.25) is 0 Å². The number of para-hydroxylation sites is 3. The number of hydrogen-bond donors (Lipinski definition) is 0. The summed E-state index contributed by atoms with van der Waals surface area (Å²) in [4.78, 5) is 44.2. The van der Waals surface area contributed by atoms with Gasteiger partial charge in [0.05, 0.1) is 0 Å². The fourth-order valence-corrected chi connectivity index (χ4v) is 20.8. The van der Waals surface area contributed by atoms with E-state index in [0.29, 0.717) is 52.4 Å². The fourth-order valence-electron chi connectivity index (χ4n) is 20.8. The molecule has 12 heteroatoms. The molecule has 0 N–H and O–H groups in total. The van der Waals surface area contributed by atoms with Crippen molar-refractivity contribution in [2.45, 2.75) is 57.8 Å². The summed E-state index contributed by atoms with van der Waals surface area (Å²) in [5.41, 5.74) is 35.9.